The molecular weight excluding hydrogens is 741 g/mol. The topological polar surface area (TPSA) is 37.3 Å². The number of hydrogen-bond acceptors (Lipinski definition) is 2. The van der Waals surface area contributed by atoms with Gasteiger partial charge in [0.25, 0.3) is 0 Å². The second kappa shape index (κ2) is 7.27. The Balaban J connectivity index is 1.11. The van der Waals surface area contributed by atoms with Gasteiger partial charge >= 0.3 is 0 Å². The van der Waals surface area contributed by atoms with Gasteiger partial charge in [0.1, 0.15) is 6.61 Å². The average Bonchev–Trinajstić information content (AvgIpc) is 4.10. The number of rotatable bonds is 6. The van der Waals surface area contributed by atoms with Crippen LogP contribution in [0.1, 0.15) is 132 Å². The molecule has 1 saturated carbocycles. The van der Waals surface area contributed by atoms with E-state index in [1.54, 1.807) is 148 Å². The SMILES string of the molecule is O=C(CO)CCCC1(c2ccccc2)C23c4c5c6c7c8c9c%10cc%11c%12c9c9c%13c%14c%15c%16c%17c(cc%18c(c%17c%14c2c9c48)C13C1C%18C=CC(=C6C=CC%107)C51)CC%16=CC%151C=C(C%11)C%12C%131. The van der Waals surface area contributed by atoms with E-state index < -0.39 is 0 Å². The summed E-state index contributed by atoms with van der Waals surface area (Å²) in [6, 6.07) is 17.4. The van der Waals surface area contributed by atoms with Crippen LogP contribution in [0.4, 0.5) is 0 Å². The van der Waals surface area contributed by atoms with E-state index in [0.29, 0.717) is 41.9 Å². The molecule has 7 aromatic rings. The average molecular weight is 773 g/mol. The molecule has 0 aromatic heterocycles. The summed E-state index contributed by atoms with van der Waals surface area (Å²) in [5.74, 6) is 2.37. The molecule has 15 aliphatic carbocycles. The summed E-state index contributed by atoms with van der Waals surface area (Å²) < 4.78 is 0. The van der Waals surface area contributed by atoms with Crippen LogP contribution in [0, 0.1) is 5.92 Å². The summed E-state index contributed by atoms with van der Waals surface area (Å²) >= 11 is 0. The lowest BCUT2D eigenvalue weighted by molar-refractivity contribution is -0.121. The van der Waals surface area contributed by atoms with Gasteiger partial charge in [0.2, 0.25) is 0 Å². The molecule has 0 heterocycles. The highest BCUT2D eigenvalue weighted by Crippen LogP contribution is 2.98. The van der Waals surface area contributed by atoms with Crippen molar-refractivity contribution in [2.75, 3.05) is 6.61 Å². The van der Waals surface area contributed by atoms with E-state index in [1.165, 1.54) is 11.1 Å². The van der Waals surface area contributed by atoms with Gasteiger partial charge in [0, 0.05) is 57.7 Å². The van der Waals surface area contributed by atoms with Crippen LogP contribution in [0.25, 0.3) is 65.0 Å². The first-order chi connectivity index (χ1) is 30.1. The van der Waals surface area contributed by atoms with Crippen LogP contribution < -0.4 is 0 Å². The molecule has 1 fully saturated rings. The third-order valence-corrected chi connectivity index (χ3v) is 21.9. The predicted molar refractivity (Wildman–Crippen MR) is 237 cm³/mol. The Hall–Kier alpha value is -5.83. The van der Waals surface area contributed by atoms with E-state index in [1.807, 2.05) is 0 Å². The van der Waals surface area contributed by atoms with Crippen molar-refractivity contribution in [2.45, 2.75) is 83.4 Å². The van der Waals surface area contributed by atoms with Gasteiger partial charge in [-0.25, -0.2) is 0 Å². The van der Waals surface area contributed by atoms with Crippen LogP contribution >= 0.6 is 0 Å². The maximum atomic E-state index is 13.2. The zero-order valence-electron chi connectivity index (χ0n) is 33.1. The van der Waals surface area contributed by atoms with E-state index in [2.05, 4.69) is 78.9 Å². The molecule has 2 nitrogen and oxygen atoms in total. The van der Waals surface area contributed by atoms with Crippen molar-refractivity contribution < 1.29 is 9.90 Å². The fourth-order valence-corrected chi connectivity index (χ4v) is 21.6. The molecular formula is C59H32O2. The number of Topliss-reactive ketones (excluding diaryl/α,β-unsaturated/α-hetero) is 1. The molecule has 7 aromatic carbocycles. The van der Waals surface area contributed by atoms with E-state index in [-0.39, 0.29) is 34.1 Å². The van der Waals surface area contributed by atoms with Gasteiger partial charge in [-0.3, -0.25) is 4.79 Å². The van der Waals surface area contributed by atoms with Crippen molar-refractivity contribution in [1.82, 2.24) is 0 Å². The number of carbonyl (C=O) groups is 1. The summed E-state index contributed by atoms with van der Waals surface area (Å²) in [5, 5.41) is 26.8. The molecule has 3 spiro atoms. The van der Waals surface area contributed by atoms with Crippen LogP contribution in [-0.2, 0) is 39.3 Å². The van der Waals surface area contributed by atoms with Crippen LogP contribution in [0.15, 0.2) is 90.1 Å². The van der Waals surface area contributed by atoms with Crippen LogP contribution in [0.3, 0.4) is 0 Å². The number of fused-ring (bicyclic) bond motifs is 2. The standard InChI is InChI=1S/C59H32O2/c60-19-25(61)7-4-12-57(24-5-2-1-3-6-24)58-50-29-11-10-27-26-8-9-28-30-15-20-13-22-17-56-18-23-14-21-16-31(29)51(58)43-33(21)35(23)53(56)48-45-42-40(32(20)34(22)52(45)56)38(30)41-36(28)37(26)44(39(27)50)54-46(41)47(42)55(49(43)48)59(54,57)58/h1-3,5-6,8-11,15-18,28-29,34,39,50,52,60H,4,7,12-14,19H2. The zero-order valence-corrected chi connectivity index (χ0v) is 33.1. The molecule has 0 aliphatic heterocycles. The van der Waals surface area contributed by atoms with E-state index in [0.717, 1.165) is 25.7 Å². The summed E-state index contributed by atoms with van der Waals surface area (Å²) in [4.78, 5) is 13.2. The lowest BCUT2D eigenvalue weighted by atomic mass is 9.57. The molecule has 22 rings (SSSR count). The number of carbonyl (C=O) groups excluding carboxylic acids is 1. The second-order valence-corrected chi connectivity index (χ2v) is 22.5. The molecule has 61 heavy (non-hydrogen) atoms. The minimum absolute atomic E-state index is 0.0169. The minimum atomic E-state index is -0.361. The maximum Gasteiger partial charge on any atom is 0.158 e. The predicted octanol–water partition coefficient (Wildman–Crippen LogP) is 11.0. The largest absolute Gasteiger partial charge is 0.389 e. The molecule has 0 amide bonds. The van der Waals surface area contributed by atoms with Gasteiger partial charge in [0.15, 0.2) is 5.78 Å². The summed E-state index contributed by atoms with van der Waals surface area (Å²) in [6.45, 7) is -0.361. The van der Waals surface area contributed by atoms with Crippen molar-refractivity contribution in [3.05, 3.63) is 174 Å². The lowest BCUT2D eigenvalue weighted by Gasteiger charge is -2.44. The molecule has 0 saturated heterocycles. The van der Waals surface area contributed by atoms with Gasteiger partial charge in [-0.1, -0.05) is 84.5 Å². The Morgan fingerprint density at radius 2 is 1.54 bits per heavy atom. The molecule has 280 valence electrons. The van der Waals surface area contributed by atoms with Crippen molar-refractivity contribution in [1.29, 1.82) is 0 Å². The zero-order chi connectivity index (χ0) is 38.2. The third kappa shape index (κ3) is 1.91. The van der Waals surface area contributed by atoms with E-state index in [4.69, 9.17) is 0 Å². The Kier molecular flexibility index (Phi) is 3.32. The number of ketones is 1. The van der Waals surface area contributed by atoms with Crippen molar-refractivity contribution in [3.8, 4) is 0 Å². The highest BCUT2D eigenvalue weighted by molar-refractivity contribution is 6.42. The highest BCUT2D eigenvalue weighted by Gasteiger charge is 2.97. The lowest BCUT2D eigenvalue weighted by Crippen LogP contribution is -2.40. The number of aliphatic hydroxyl groups is 1. The summed E-state index contributed by atoms with van der Waals surface area (Å²) in [6.07, 6.45) is 20.7. The Bertz CT molecular complexity index is 4120. The first-order valence-corrected chi connectivity index (χ1v) is 23.5. The van der Waals surface area contributed by atoms with Gasteiger partial charge < -0.3 is 5.11 Å². The molecule has 15 aliphatic rings. The van der Waals surface area contributed by atoms with Crippen molar-refractivity contribution >= 4 is 70.8 Å². The summed E-state index contributed by atoms with van der Waals surface area (Å²) in [5.41, 5.74) is 30.8. The molecule has 2 heteroatoms. The smallest absolute Gasteiger partial charge is 0.158 e. The Morgan fingerprint density at radius 1 is 0.705 bits per heavy atom. The monoisotopic (exact) mass is 772 g/mol. The quantitative estimate of drug-likeness (QED) is 0.104. The number of aliphatic hydroxyl groups excluding tert-OH is 1. The van der Waals surface area contributed by atoms with Crippen molar-refractivity contribution in [2.24, 2.45) is 5.92 Å². The molecule has 0 radical (unpaired) electrons. The van der Waals surface area contributed by atoms with Gasteiger partial charge in [-0.15, -0.1) is 0 Å². The fourth-order valence-electron chi connectivity index (χ4n) is 21.6. The van der Waals surface area contributed by atoms with E-state index in [9.17, 15) is 9.90 Å². The Labute approximate surface area is 348 Å². The first-order valence-electron chi connectivity index (χ1n) is 23.5. The molecule has 1 N–H and O–H groups in total. The van der Waals surface area contributed by atoms with Crippen LogP contribution in [-0.4, -0.2) is 17.5 Å². The third-order valence-electron chi connectivity index (χ3n) is 21.9. The molecule has 10 atom stereocenters. The number of hydrogen-bond donors (Lipinski definition) is 1. The van der Waals surface area contributed by atoms with E-state index >= 15 is 0 Å². The fraction of sp³-hybridized carbons (Fsp3) is 0.271. The number of allylic oxidation sites excluding steroid dienone is 10. The number of benzene rings is 7. The minimum Gasteiger partial charge on any atom is -0.389 e. The molecule has 0 bridgehead atoms. The van der Waals surface area contributed by atoms with Gasteiger partial charge in [0.05, 0.1) is 0 Å². The highest BCUT2D eigenvalue weighted by atomic mass is 16.3. The summed E-state index contributed by atoms with van der Waals surface area (Å²) in [7, 11) is 0. The van der Waals surface area contributed by atoms with Crippen LogP contribution in [0.5, 0.6) is 0 Å². The Morgan fingerprint density at radius 3 is 2.46 bits per heavy atom. The molecule has 10 unspecified atom stereocenters. The second-order valence-electron chi connectivity index (χ2n) is 22.5. The normalized spacial score (nSPS) is 37.4. The maximum absolute atomic E-state index is 13.2. The van der Waals surface area contributed by atoms with Gasteiger partial charge in [-0.2, -0.15) is 0 Å². The van der Waals surface area contributed by atoms with Gasteiger partial charge in [-0.05, 0) is 186 Å². The van der Waals surface area contributed by atoms with Crippen molar-refractivity contribution in [3.63, 3.8) is 0 Å². The first kappa shape index (κ1) is 27.9. The van der Waals surface area contributed by atoms with Crippen LogP contribution in [0.2, 0.25) is 0 Å².